The summed E-state index contributed by atoms with van der Waals surface area (Å²) in [6.07, 6.45) is 2.96. The number of alkyl halides is 2. The van der Waals surface area contributed by atoms with Crippen molar-refractivity contribution in [2.75, 3.05) is 5.73 Å². The molecule has 0 spiro atoms. The lowest BCUT2D eigenvalue weighted by Gasteiger charge is -2.25. The second-order valence-electron chi connectivity index (χ2n) is 4.84. The zero-order valence-electron chi connectivity index (χ0n) is 9.87. The molecule has 1 aliphatic rings. The number of nitrogens with two attached hydrogens (primary N) is 1. The van der Waals surface area contributed by atoms with E-state index < -0.39 is 6.43 Å². The highest BCUT2D eigenvalue weighted by atomic mass is 19.3. The summed E-state index contributed by atoms with van der Waals surface area (Å²) in [7, 11) is 0. The Morgan fingerprint density at radius 3 is 2.82 bits per heavy atom. The first kappa shape index (κ1) is 12.2. The zero-order chi connectivity index (χ0) is 12.4. The smallest absolute Gasteiger partial charge is 0.282 e. The average molecular weight is 241 g/mol. The Hall–Kier alpha value is -1.26. The zero-order valence-corrected chi connectivity index (χ0v) is 9.87. The molecular formula is C12H17F2N3. The van der Waals surface area contributed by atoms with Gasteiger partial charge in [-0.3, -0.25) is 0 Å². The topological polar surface area (TPSA) is 51.8 Å². The van der Waals surface area contributed by atoms with Gasteiger partial charge in [0.05, 0.1) is 11.9 Å². The molecule has 0 saturated heterocycles. The van der Waals surface area contributed by atoms with Gasteiger partial charge in [0.15, 0.2) is 0 Å². The van der Waals surface area contributed by atoms with E-state index in [1.54, 1.807) is 0 Å². The van der Waals surface area contributed by atoms with Crippen molar-refractivity contribution in [1.82, 2.24) is 9.97 Å². The fraction of sp³-hybridized carbons (Fsp3) is 0.667. The van der Waals surface area contributed by atoms with Gasteiger partial charge >= 0.3 is 0 Å². The first-order valence-corrected chi connectivity index (χ1v) is 5.98. The Morgan fingerprint density at radius 1 is 1.41 bits per heavy atom. The molecular weight excluding hydrogens is 224 g/mol. The molecule has 1 aromatic heterocycles. The molecule has 0 amide bonds. The molecule has 1 heterocycles. The largest absolute Gasteiger partial charge is 0.396 e. The lowest BCUT2D eigenvalue weighted by atomic mass is 9.82. The summed E-state index contributed by atoms with van der Waals surface area (Å²) >= 11 is 0. The van der Waals surface area contributed by atoms with Gasteiger partial charge in [-0.05, 0) is 18.8 Å². The van der Waals surface area contributed by atoms with Crippen molar-refractivity contribution in [2.24, 2.45) is 5.92 Å². The molecule has 0 aliphatic heterocycles. The summed E-state index contributed by atoms with van der Waals surface area (Å²) < 4.78 is 25.4. The van der Waals surface area contributed by atoms with E-state index in [0.29, 0.717) is 11.7 Å². The number of aromatic nitrogens is 2. The van der Waals surface area contributed by atoms with Crippen molar-refractivity contribution in [3.63, 3.8) is 0 Å². The molecule has 3 nitrogen and oxygen atoms in total. The van der Waals surface area contributed by atoms with Crippen LogP contribution < -0.4 is 5.73 Å². The molecule has 0 aromatic carbocycles. The number of nitrogens with zero attached hydrogens (tertiary/aromatic N) is 2. The fourth-order valence-electron chi connectivity index (χ4n) is 2.46. The van der Waals surface area contributed by atoms with Crippen LogP contribution in [0.15, 0.2) is 6.20 Å². The monoisotopic (exact) mass is 241 g/mol. The number of rotatable bonds is 2. The van der Waals surface area contributed by atoms with Crippen LogP contribution in [0.5, 0.6) is 0 Å². The van der Waals surface area contributed by atoms with Crippen molar-refractivity contribution in [3.05, 3.63) is 17.7 Å². The third-order valence-corrected chi connectivity index (χ3v) is 3.37. The highest BCUT2D eigenvalue weighted by molar-refractivity contribution is 5.41. The maximum absolute atomic E-state index is 12.7. The molecule has 2 unspecified atom stereocenters. The van der Waals surface area contributed by atoms with E-state index in [9.17, 15) is 8.78 Å². The van der Waals surface area contributed by atoms with E-state index in [0.717, 1.165) is 19.3 Å². The summed E-state index contributed by atoms with van der Waals surface area (Å²) in [5.74, 6) is 1.35. The van der Waals surface area contributed by atoms with Crippen molar-refractivity contribution < 1.29 is 8.78 Å². The molecule has 17 heavy (non-hydrogen) atoms. The molecule has 0 bridgehead atoms. The van der Waals surface area contributed by atoms with Crippen LogP contribution in [-0.4, -0.2) is 9.97 Å². The molecule has 1 saturated carbocycles. The maximum Gasteiger partial charge on any atom is 0.282 e. The van der Waals surface area contributed by atoms with E-state index >= 15 is 0 Å². The van der Waals surface area contributed by atoms with E-state index in [1.165, 1.54) is 12.6 Å². The van der Waals surface area contributed by atoms with Gasteiger partial charge in [-0.1, -0.05) is 19.8 Å². The van der Waals surface area contributed by atoms with E-state index in [-0.39, 0.29) is 17.3 Å². The highest BCUT2D eigenvalue weighted by Crippen LogP contribution is 2.35. The quantitative estimate of drug-likeness (QED) is 0.864. The molecule has 2 N–H and O–H groups in total. The van der Waals surface area contributed by atoms with Crippen LogP contribution in [0, 0.1) is 5.92 Å². The Morgan fingerprint density at radius 2 is 2.18 bits per heavy atom. The van der Waals surface area contributed by atoms with Crippen molar-refractivity contribution in [1.29, 1.82) is 0 Å². The molecule has 1 fully saturated rings. The summed E-state index contributed by atoms with van der Waals surface area (Å²) in [6, 6.07) is 0. The first-order chi connectivity index (χ1) is 8.08. The summed E-state index contributed by atoms with van der Waals surface area (Å²) in [5.41, 5.74) is 5.10. The summed E-state index contributed by atoms with van der Waals surface area (Å²) in [5, 5.41) is 0. The van der Waals surface area contributed by atoms with Crippen LogP contribution >= 0.6 is 0 Å². The first-order valence-electron chi connectivity index (χ1n) is 5.98. The van der Waals surface area contributed by atoms with Gasteiger partial charge in [-0.25, -0.2) is 18.7 Å². The van der Waals surface area contributed by atoms with Gasteiger partial charge in [0.2, 0.25) is 0 Å². The van der Waals surface area contributed by atoms with E-state index in [2.05, 4.69) is 16.9 Å². The molecule has 5 heteroatoms. The normalized spacial score (nSPS) is 25.2. The number of anilines is 1. The summed E-state index contributed by atoms with van der Waals surface area (Å²) in [4.78, 5) is 8.05. The third kappa shape index (κ3) is 2.70. The van der Waals surface area contributed by atoms with Gasteiger partial charge in [-0.2, -0.15) is 0 Å². The van der Waals surface area contributed by atoms with Crippen LogP contribution in [0.1, 0.15) is 56.5 Å². The molecule has 0 radical (unpaired) electrons. The van der Waals surface area contributed by atoms with Gasteiger partial charge in [-0.15, -0.1) is 0 Å². The predicted octanol–water partition coefficient (Wildman–Crippen LogP) is 3.29. The summed E-state index contributed by atoms with van der Waals surface area (Å²) in [6.45, 7) is 2.18. The van der Waals surface area contributed by atoms with Gasteiger partial charge in [0.25, 0.3) is 6.43 Å². The second-order valence-corrected chi connectivity index (χ2v) is 4.84. The number of hydrogen-bond acceptors (Lipinski definition) is 3. The van der Waals surface area contributed by atoms with E-state index in [1.807, 2.05) is 0 Å². The predicted molar refractivity (Wildman–Crippen MR) is 61.8 cm³/mol. The molecule has 1 aliphatic carbocycles. The average Bonchev–Trinajstić information content (AvgIpc) is 2.29. The third-order valence-electron chi connectivity index (χ3n) is 3.37. The Labute approximate surface area is 99.5 Å². The molecule has 2 atom stereocenters. The Kier molecular flexibility index (Phi) is 3.54. The molecule has 94 valence electrons. The number of nitrogen functional groups attached to an aromatic ring is 1. The van der Waals surface area contributed by atoms with Crippen LogP contribution in [0.3, 0.4) is 0 Å². The molecule has 1 aromatic rings. The van der Waals surface area contributed by atoms with Crippen LogP contribution in [-0.2, 0) is 0 Å². The van der Waals surface area contributed by atoms with Crippen molar-refractivity contribution in [2.45, 2.75) is 45.0 Å². The number of hydrogen-bond donors (Lipinski definition) is 1. The van der Waals surface area contributed by atoms with E-state index in [4.69, 9.17) is 5.73 Å². The minimum absolute atomic E-state index is 0.0207. The Balaban J connectivity index is 2.23. The number of halogens is 2. The standard InChI is InChI=1S/C12H17F2N3/c1-7-3-2-4-8(5-7)12-16-6-9(15)10(17-12)11(13)14/h6-8,11H,2-5,15H2,1H3. The van der Waals surface area contributed by atoms with Gasteiger partial charge in [0.1, 0.15) is 11.5 Å². The lowest BCUT2D eigenvalue weighted by Crippen LogP contribution is -2.15. The Bertz CT molecular complexity index is 395. The second kappa shape index (κ2) is 4.94. The van der Waals surface area contributed by atoms with Crippen LogP contribution in [0.2, 0.25) is 0 Å². The van der Waals surface area contributed by atoms with Crippen molar-refractivity contribution in [3.8, 4) is 0 Å². The maximum atomic E-state index is 12.7. The van der Waals surface area contributed by atoms with Gasteiger partial charge in [0, 0.05) is 5.92 Å². The van der Waals surface area contributed by atoms with Crippen molar-refractivity contribution >= 4 is 5.69 Å². The minimum Gasteiger partial charge on any atom is -0.396 e. The minimum atomic E-state index is -2.63. The highest BCUT2D eigenvalue weighted by Gasteiger charge is 2.24. The molecule has 2 rings (SSSR count). The lowest BCUT2D eigenvalue weighted by molar-refractivity contribution is 0.146. The fourth-order valence-corrected chi connectivity index (χ4v) is 2.46. The van der Waals surface area contributed by atoms with Crippen LogP contribution in [0.25, 0.3) is 0 Å². The van der Waals surface area contributed by atoms with Crippen LogP contribution in [0.4, 0.5) is 14.5 Å². The van der Waals surface area contributed by atoms with Gasteiger partial charge < -0.3 is 5.73 Å². The SMILES string of the molecule is CC1CCCC(c2ncc(N)c(C(F)F)n2)C1.